The van der Waals surface area contributed by atoms with E-state index >= 15 is 0 Å². The van der Waals surface area contributed by atoms with Crippen LogP contribution in [0.25, 0.3) is 0 Å². The second kappa shape index (κ2) is 8.50. The van der Waals surface area contributed by atoms with Gasteiger partial charge in [0, 0.05) is 41.0 Å². The lowest BCUT2D eigenvalue weighted by atomic mass is 10.2. The highest BCUT2D eigenvalue weighted by Gasteiger charge is 2.29. The molecular weight excluding hydrogens is 406 g/mol. The zero-order valence-electron chi connectivity index (χ0n) is 14.6. The summed E-state index contributed by atoms with van der Waals surface area (Å²) in [4.78, 5) is 1.42. The van der Waals surface area contributed by atoms with Crippen LogP contribution in [0.5, 0.6) is 5.75 Å². The number of piperazine rings is 1. The predicted molar refractivity (Wildman–Crippen MR) is 105 cm³/mol. The van der Waals surface area contributed by atoms with Crippen LogP contribution in [0.1, 0.15) is 5.56 Å². The molecule has 0 unspecified atom stereocenters. The lowest BCUT2D eigenvalue weighted by Gasteiger charge is -2.27. The number of methoxy groups -OCH3 is 1. The van der Waals surface area contributed by atoms with Crippen molar-refractivity contribution in [3.8, 4) is 11.8 Å². The van der Waals surface area contributed by atoms with Crippen LogP contribution >= 0.6 is 23.4 Å². The van der Waals surface area contributed by atoms with E-state index in [4.69, 9.17) is 16.3 Å². The molecule has 0 aliphatic carbocycles. The summed E-state index contributed by atoms with van der Waals surface area (Å²) in [6, 6.07) is 11.9. The molecule has 1 N–H and O–H groups in total. The highest BCUT2D eigenvalue weighted by molar-refractivity contribution is 8.00. The zero-order valence-corrected chi connectivity index (χ0v) is 17.0. The van der Waals surface area contributed by atoms with Gasteiger partial charge in [-0.3, -0.25) is 0 Å². The molecule has 1 saturated heterocycles. The van der Waals surface area contributed by atoms with E-state index in [9.17, 15) is 13.7 Å². The number of hydrogen-bond acceptors (Lipinski definition) is 6. The van der Waals surface area contributed by atoms with E-state index in [0.717, 1.165) is 4.90 Å². The maximum atomic E-state index is 13.2. The molecule has 27 heavy (non-hydrogen) atoms. The van der Waals surface area contributed by atoms with Crippen LogP contribution in [0, 0.1) is 11.3 Å². The Morgan fingerprint density at radius 2 is 1.96 bits per heavy atom. The van der Waals surface area contributed by atoms with Crippen LogP contribution in [-0.4, -0.2) is 46.0 Å². The molecule has 0 spiro atoms. The first-order valence-corrected chi connectivity index (χ1v) is 10.8. The number of benzene rings is 2. The maximum absolute atomic E-state index is 13.2. The van der Waals surface area contributed by atoms with Crippen molar-refractivity contribution in [2.24, 2.45) is 0 Å². The minimum Gasteiger partial charge on any atom is -0.497 e. The number of nitrogens with one attached hydrogen (secondary N) is 1. The Morgan fingerprint density at radius 1 is 1.22 bits per heavy atom. The van der Waals surface area contributed by atoms with Gasteiger partial charge in [0.05, 0.1) is 23.6 Å². The lowest BCUT2D eigenvalue weighted by molar-refractivity contribution is 0.359. The molecule has 0 amide bonds. The summed E-state index contributed by atoms with van der Waals surface area (Å²) in [5.41, 5.74) is 0.303. The maximum Gasteiger partial charge on any atom is 0.244 e. The fourth-order valence-corrected chi connectivity index (χ4v) is 5.91. The van der Waals surface area contributed by atoms with Crippen LogP contribution in [-0.2, 0) is 10.0 Å². The number of nitriles is 1. The second-order valence-corrected chi connectivity index (χ2v) is 9.31. The van der Waals surface area contributed by atoms with Crippen molar-refractivity contribution in [1.29, 1.82) is 5.26 Å². The number of halogens is 1. The highest BCUT2D eigenvalue weighted by atomic mass is 35.5. The molecular formula is C18H18ClN3O3S2. The number of sulfonamides is 1. The Labute approximate surface area is 168 Å². The van der Waals surface area contributed by atoms with E-state index in [-0.39, 0.29) is 4.90 Å². The molecule has 1 heterocycles. The van der Waals surface area contributed by atoms with Gasteiger partial charge in [-0.2, -0.15) is 9.57 Å². The largest absolute Gasteiger partial charge is 0.497 e. The van der Waals surface area contributed by atoms with Gasteiger partial charge in [-0.05, 0) is 36.4 Å². The summed E-state index contributed by atoms with van der Waals surface area (Å²) < 4.78 is 33.0. The Kier molecular flexibility index (Phi) is 6.29. The van der Waals surface area contributed by atoms with Gasteiger partial charge in [-0.25, -0.2) is 8.42 Å². The highest BCUT2D eigenvalue weighted by Crippen LogP contribution is 2.37. The summed E-state index contributed by atoms with van der Waals surface area (Å²) >= 11 is 7.40. The van der Waals surface area contributed by atoms with Crippen molar-refractivity contribution in [2.45, 2.75) is 14.7 Å². The van der Waals surface area contributed by atoms with Crippen LogP contribution in [0.4, 0.5) is 0 Å². The number of rotatable bonds is 5. The fourth-order valence-electron chi connectivity index (χ4n) is 2.73. The van der Waals surface area contributed by atoms with Crippen LogP contribution < -0.4 is 10.1 Å². The van der Waals surface area contributed by atoms with Crippen molar-refractivity contribution in [3.63, 3.8) is 0 Å². The molecule has 1 fully saturated rings. The molecule has 9 heteroatoms. The summed E-state index contributed by atoms with van der Waals surface area (Å²) in [5, 5.41) is 12.9. The quantitative estimate of drug-likeness (QED) is 0.796. The summed E-state index contributed by atoms with van der Waals surface area (Å²) in [7, 11) is -2.17. The second-order valence-electron chi connectivity index (χ2n) is 5.86. The van der Waals surface area contributed by atoms with Crippen molar-refractivity contribution < 1.29 is 13.2 Å². The summed E-state index contributed by atoms with van der Waals surface area (Å²) in [5.74, 6) is 0.588. The third kappa shape index (κ3) is 4.57. The molecule has 6 nitrogen and oxygen atoms in total. The van der Waals surface area contributed by atoms with E-state index in [2.05, 4.69) is 5.32 Å². The Balaban J connectivity index is 2.03. The minimum absolute atomic E-state index is 0.132. The normalized spacial score (nSPS) is 15.3. The number of hydrogen-bond donors (Lipinski definition) is 1. The van der Waals surface area contributed by atoms with Gasteiger partial charge >= 0.3 is 0 Å². The molecule has 0 aromatic heterocycles. The third-order valence-corrected chi connectivity index (χ3v) is 7.41. The van der Waals surface area contributed by atoms with Crippen molar-refractivity contribution >= 4 is 33.4 Å². The summed E-state index contributed by atoms with van der Waals surface area (Å²) in [6.07, 6.45) is 0. The SMILES string of the molecule is COc1cc(Cl)cc(Sc2ccc(C#N)cc2S(=O)(=O)N2CCNCC2)c1. The van der Waals surface area contributed by atoms with E-state index in [1.165, 1.54) is 22.1 Å². The van der Waals surface area contributed by atoms with Gasteiger partial charge < -0.3 is 10.1 Å². The first kappa shape index (κ1) is 20.0. The third-order valence-electron chi connectivity index (χ3n) is 4.07. The van der Waals surface area contributed by atoms with E-state index in [1.54, 1.807) is 37.4 Å². The first-order chi connectivity index (χ1) is 12.9. The zero-order chi connectivity index (χ0) is 19.4. The van der Waals surface area contributed by atoms with E-state index in [0.29, 0.717) is 47.4 Å². The molecule has 3 rings (SSSR count). The number of ether oxygens (including phenoxy) is 1. The van der Waals surface area contributed by atoms with Crippen molar-refractivity contribution in [3.05, 3.63) is 47.0 Å². The topological polar surface area (TPSA) is 82.4 Å². The Hall–Kier alpha value is -1.76. The van der Waals surface area contributed by atoms with Gasteiger partial charge in [-0.1, -0.05) is 23.4 Å². The van der Waals surface area contributed by atoms with E-state index < -0.39 is 10.0 Å². The standard InChI is InChI=1S/C18H18ClN3O3S2/c1-25-15-9-14(19)10-16(11-15)26-17-3-2-13(12-20)8-18(17)27(23,24)22-6-4-21-5-7-22/h2-3,8-11,21H,4-7H2,1H3. The molecule has 2 aromatic carbocycles. The summed E-state index contributed by atoms with van der Waals surface area (Å²) in [6.45, 7) is 2.00. The minimum atomic E-state index is -3.71. The van der Waals surface area contributed by atoms with Gasteiger partial charge in [0.2, 0.25) is 10.0 Å². The molecule has 0 atom stereocenters. The van der Waals surface area contributed by atoms with E-state index in [1.807, 2.05) is 6.07 Å². The van der Waals surface area contributed by atoms with Crippen molar-refractivity contribution in [2.75, 3.05) is 33.3 Å². The molecule has 0 bridgehead atoms. The molecule has 0 radical (unpaired) electrons. The van der Waals surface area contributed by atoms with Crippen LogP contribution in [0.3, 0.4) is 0 Å². The molecule has 0 saturated carbocycles. The van der Waals surface area contributed by atoms with Gasteiger partial charge in [0.15, 0.2) is 0 Å². The fraction of sp³-hybridized carbons (Fsp3) is 0.278. The first-order valence-electron chi connectivity index (χ1n) is 8.21. The van der Waals surface area contributed by atoms with Gasteiger partial charge in [0.1, 0.15) is 5.75 Å². The average Bonchev–Trinajstić information content (AvgIpc) is 2.68. The van der Waals surface area contributed by atoms with Crippen LogP contribution in [0.15, 0.2) is 51.1 Å². The Bertz CT molecular complexity index is 984. The van der Waals surface area contributed by atoms with Gasteiger partial charge in [0.25, 0.3) is 0 Å². The smallest absolute Gasteiger partial charge is 0.244 e. The molecule has 1 aliphatic rings. The monoisotopic (exact) mass is 423 g/mol. The Morgan fingerprint density at radius 3 is 2.63 bits per heavy atom. The molecule has 142 valence electrons. The van der Waals surface area contributed by atoms with Gasteiger partial charge in [-0.15, -0.1) is 0 Å². The number of nitrogens with zero attached hydrogens (tertiary/aromatic N) is 2. The molecule has 2 aromatic rings. The average molecular weight is 424 g/mol. The lowest BCUT2D eigenvalue weighted by Crippen LogP contribution is -2.46. The predicted octanol–water partition coefficient (Wildman–Crippen LogP) is 2.97. The molecule has 1 aliphatic heterocycles. The van der Waals surface area contributed by atoms with Crippen molar-refractivity contribution in [1.82, 2.24) is 9.62 Å². The van der Waals surface area contributed by atoms with Crippen LogP contribution in [0.2, 0.25) is 5.02 Å².